The summed E-state index contributed by atoms with van der Waals surface area (Å²) in [6.45, 7) is 4.03. The van der Waals surface area contributed by atoms with Crippen molar-refractivity contribution in [2.75, 3.05) is 6.54 Å². The van der Waals surface area contributed by atoms with Gasteiger partial charge in [-0.3, -0.25) is 14.5 Å². The number of nitrogens with zero attached hydrogens (tertiary/aromatic N) is 1. The number of primary amides is 2. The van der Waals surface area contributed by atoms with E-state index in [9.17, 15) is 9.59 Å². The van der Waals surface area contributed by atoms with Crippen molar-refractivity contribution in [3.8, 4) is 0 Å². The van der Waals surface area contributed by atoms with Gasteiger partial charge in [-0.2, -0.15) is 0 Å². The Morgan fingerprint density at radius 3 is 2.00 bits per heavy atom. The number of likely N-dealkylation sites (tertiary alicyclic amines) is 1. The second-order valence-corrected chi connectivity index (χ2v) is 3.40. The van der Waals surface area contributed by atoms with Crippen molar-refractivity contribution < 1.29 is 9.59 Å². The van der Waals surface area contributed by atoms with E-state index in [0.717, 1.165) is 0 Å². The van der Waals surface area contributed by atoms with E-state index in [0.29, 0.717) is 19.4 Å². The highest BCUT2D eigenvalue weighted by molar-refractivity contribution is 5.85. The summed E-state index contributed by atoms with van der Waals surface area (Å²) in [5.74, 6) is -0.814. The fourth-order valence-electron chi connectivity index (χ4n) is 1.88. The van der Waals surface area contributed by atoms with Crippen molar-refractivity contribution in [1.82, 2.24) is 4.90 Å². The van der Waals surface area contributed by atoms with E-state index >= 15 is 0 Å². The number of amides is 2. The van der Waals surface area contributed by atoms with Gasteiger partial charge in [0.15, 0.2) is 0 Å². The van der Waals surface area contributed by atoms with E-state index in [-0.39, 0.29) is 12.1 Å². The minimum atomic E-state index is -0.407. The van der Waals surface area contributed by atoms with Gasteiger partial charge in [-0.15, -0.1) is 6.58 Å². The molecule has 0 aromatic carbocycles. The molecule has 2 atom stereocenters. The largest absolute Gasteiger partial charge is 0.368 e. The van der Waals surface area contributed by atoms with Gasteiger partial charge in [0, 0.05) is 6.54 Å². The van der Waals surface area contributed by atoms with Crippen molar-refractivity contribution in [2.24, 2.45) is 11.5 Å². The molecule has 0 bridgehead atoms. The molecule has 5 heteroatoms. The minimum Gasteiger partial charge on any atom is -0.368 e. The van der Waals surface area contributed by atoms with Gasteiger partial charge < -0.3 is 11.5 Å². The first-order chi connectivity index (χ1) is 6.57. The van der Waals surface area contributed by atoms with Crippen molar-refractivity contribution in [3.63, 3.8) is 0 Å². The van der Waals surface area contributed by atoms with Crippen LogP contribution >= 0.6 is 0 Å². The van der Waals surface area contributed by atoms with E-state index in [1.807, 2.05) is 0 Å². The van der Waals surface area contributed by atoms with E-state index in [1.165, 1.54) is 0 Å². The van der Waals surface area contributed by atoms with Crippen LogP contribution in [0.5, 0.6) is 0 Å². The molecule has 5 nitrogen and oxygen atoms in total. The van der Waals surface area contributed by atoms with Crippen molar-refractivity contribution in [1.29, 1.82) is 0 Å². The van der Waals surface area contributed by atoms with Crippen LogP contribution in [0.3, 0.4) is 0 Å². The third kappa shape index (κ3) is 1.93. The molecule has 0 radical (unpaired) electrons. The smallest absolute Gasteiger partial charge is 0.234 e. The molecule has 0 spiro atoms. The molecule has 0 aliphatic carbocycles. The average molecular weight is 197 g/mol. The van der Waals surface area contributed by atoms with Crippen LogP contribution in [0.4, 0.5) is 0 Å². The van der Waals surface area contributed by atoms with Crippen LogP contribution in [0.2, 0.25) is 0 Å². The SMILES string of the molecule is C=CCN1[C@@H](C(N)=O)CC[C@H]1C(N)=O. The van der Waals surface area contributed by atoms with E-state index in [4.69, 9.17) is 11.5 Å². The number of nitrogens with two attached hydrogens (primary N) is 2. The maximum absolute atomic E-state index is 11.0. The Balaban J connectivity index is 2.78. The van der Waals surface area contributed by atoms with Gasteiger partial charge in [0.25, 0.3) is 0 Å². The summed E-state index contributed by atoms with van der Waals surface area (Å²) in [7, 11) is 0. The number of rotatable bonds is 4. The number of carbonyl (C=O) groups excluding carboxylic acids is 2. The molecule has 1 heterocycles. The third-order valence-corrected chi connectivity index (χ3v) is 2.51. The summed E-state index contributed by atoms with van der Waals surface area (Å²) in [5, 5.41) is 0. The third-order valence-electron chi connectivity index (χ3n) is 2.51. The lowest BCUT2D eigenvalue weighted by atomic mass is 10.2. The lowest BCUT2D eigenvalue weighted by Crippen LogP contribution is -2.48. The summed E-state index contributed by atoms with van der Waals surface area (Å²) in [4.78, 5) is 23.8. The quantitative estimate of drug-likeness (QED) is 0.565. The molecule has 0 aromatic rings. The predicted octanol–water partition coefficient (Wildman–Crippen LogP) is -1.02. The molecular formula is C9H15N3O2. The van der Waals surface area contributed by atoms with Crippen LogP contribution in [0.1, 0.15) is 12.8 Å². The van der Waals surface area contributed by atoms with Crippen LogP contribution in [0.25, 0.3) is 0 Å². The Hall–Kier alpha value is -1.36. The summed E-state index contributed by atoms with van der Waals surface area (Å²) >= 11 is 0. The second-order valence-electron chi connectivity index (χ2n) is 3.40. The van der Waals surface area contributed by atoms with Crippen molar-refractivity contribution in [3.05, 3.63) is 12.7 Å². The highest BCUT2D eigenvalue weighted by atomic mass is 16.2. The van der Waals surface area contributed by atoms with Gasteiger partial charge in [0.1, 0.15) is 0 Å². The molecule has 0 saturated carbocycles. The van der Waals surface area contributed by atoms with Gasteiger partial charge in [-0.05, 0) is 12.8 Å². The monoisotopic (exact) mass is 197 g/mol. The summed E-state index contributed by atoms with van der Waals surface area (Å²) < 4.78 is 0. The lowest BCUT2D eigenvalue weighted by Gasteiger charge is -2.24. The fourth-order valence-corrected chi connectivity index (χ4v) is 1.88. The van der Waals surface area contributed by atoms with Crippen LogP contribution in [-0.4, -0.2) is 35.3 Å². The molecule has 1 aliphatic heterocycles. The predicted molar refractivity (Wildman–Crippen MR) is 52.1 cm³/mol. The number of hydrogen-bond donors (Lipinski definition) is 2. The fraction of sp³-hybridized carbons (Fsp3) is 0.556. The van der Waals surface area contributed by atoms with Gasteiger partial charge >= 0.3 is 0 Å². The number of hydrogen-bond acceptors (Lipinski definition) is 3. The Bertz CT molecular complexity index is 243. The Morgan fingerprint density at radius 1 is 1.29 bits per heavy atom. The maximum Gasteiger partial charge on any atom is 0.234 e. The standard InChI is InChI=1S/C9H15N3O2/c1-2-5-12-6(8(10)13)3-4-7(12)9(11)14/h2,6-7H,1,3-5H2,(H2,10,13)(H2,11,14)/t6-,7+. The zero-order chi connectivity index (χ0) is 10.7. The second kappa shape index (κ2) is 4.23. The summed E-state index contributed by atoms with van der Waals surface area (Å²) in [6.07, 6.45) is 2.82. The zero-order valence-electron chi connectivity index (χ0n) is 7.98. The van der Waals surface area contributed by atoms with Gasteiger partial charge in [-0.25, -0.2) is 0 Å². The summed E-state index contributed by atoms with van der Waals surface area (Å²) in [6, 6.07) is -0.768. The molecule has 14 heavy (non-hydrogen) atoms. The first kappa shape index (κ1) is 10.7. The molecule has 4 N–H and O–H groups in total. The van der Waals surface area contributed by atoms with Crippen LogP contribution in [0, 0.1) is 0 Å². The van der Waals surface area contributed by atoms with E-state index in [2.05, 4.69) is 6.58 Å². The van der Waals surface area contributed by atoms with Crippen LogP contribution in [0.15, 0.2) is 12.7 Å². The number of carbonyl (C=O) groups is 2. The first-order valence-electron chi connectivity index (χ1n) is 4.53. The van der Waals surface area contributed by atoms with Crippen LogP contribution in [-0.2, 0) is 9.59 Å². The van der Waals surface area contributed by atoms with Gasteiger partial charge in [0.05, 0.1) is 12.1 Å². The zero-order valence-corrected chi connectivity index (χ0v) is 7.98. The maximum atomic E-state index is 11.0. The van der Waals surface area contributed by atoms with Crippen molar-refractivity contribution >= 4 is 11.8 Å². The normalized spacial score (nSPS) is 27.4. The topological polar surface area (TPSA) is 89.4 Å². The first-order valence-corrected chi connectivity index (χ1v) is 4.53. The molecule has 0 unspecified atom stereocenters. The minimum absolute atomic E-state index is 0.384. The Morgan fingerprint density at radius 2 is 1.71 bits per heavy atom. The highest BCUT2D eigenvalue weighted by Gasteiger charge is 2.38. The van der Waals surface area contributed by atoms with Crippen molar-refractivity contribution in [2.45, 2.75) is 24.9 Å². The molecule has 0 aromatic heterocycles. The molecule has 1 aliphatic rings. The molecule has 1 rings (SSSR count). The Labute approximate surface area is 82.7 Å². The van der Waals surface area contributed by atoms with E-state index in [1.54, 1.807) is 11.0 Å². The molecule has 2 amide bonds. The van der Waals surface area contributed by atoms with Gasteiger partial charge in [0.2, 0.25) is 11.8 Å². The summed E-state index contributed by atoms with van der Waals surface area (Å²) in [5.41, 5.74) is 10.4. The highest BCUT2D eigenvalue weighted by Crippen LogP contribution is 2.23. The van der Waals surface area contributed by atoms with E-state index < -0.39 is 11.8 Å². The molecule has 1 saturated heterocycles. The lowest BCUT2D eigenvalue weighted by molar-refractivity contribution is -0.125. The molecule has 78 valence electrons. The molecule has 1 fully saturated rings. The Kier molecular flexibility index (Phi) is 3.24. The van der Waals surface area contributed by atoms with Crippen LogP contribution < -0.4 is 11.5 Å². The van der Waals surface area contributed by atoms with Gasteiger partial charge in [-0.1, -0.05) is 6.08 Å². The average Bonchev–Trinajstić information content (AvgIpc) is 2.48. The molecular weight excluding hydrogens is 182 g/mol.